The van der Waals surface area contributed by atoms with Crippen LogP contribution in [0.3, 0.4) is 0 Å². The minimum Gasteiger partial charge on any atom is -0.497 e. The van der Waals surface area contributed by atoms with Gasteiger partial charge in [-0.2, -0.15) is 0 Å². The Morgan fingerprint density at radius 2 is 1.85 bits per heavy atom. The maximum atomic E-state index is 12.5. The van der Waals surface area contributed by atoms with Gasteiger partial charge in [0.05, 0.1) is 31.9 Å². The van der Waals surface area contributed by atoms with Crippen molar-refractivity contribution in [3.63, 3.8) is 0 Å². The number of rotatable bonds is 10. The van der Waals surface area contributed by atoms with Crippen LogP contribution in [0.5, 0.6) is 23.1 Å². The highest BCUT2D eigenvalue weighted by Crippen LogP contribution is 2.35. The van der Waals surface area contributed by atoms with Crippen molar-refractivity contribution in [3.05, 3.63) is 58.7 Å². The van der Waals surface area contributed by atoms with Gasteiger partial charge in [-0.05, 0) is 55.5 Å². The van der Waals surface area contributed by atoms with Gasteiger partial charge in [-0.15, -0.1) is 5.10 Å². The van der Waals surface area contributed by atoms with Crippen LogP contribution in [-0.2, 0) is 11.3 Å². The van der Waals surface area contributed by atoms with Crippen molar-refractivity contribution in [2.45, 2.75) is 39.2 Å². The maximum Gasteiger partial charge on any atom is 0.364 e. The van der Waals surface area contributed by atoms with E-state index in [1.165, 1.54) is 30.4 Å². The first-order chi connectivity index (χ1) is 16.6. The molecule has 9 heteroatoms. The van der Waals surface area contributed by atoms with Crippen LogP contribution in [0.4, 0.5) is 0 Å². The minimum absolute atomic E-state index is 0.0243. The predicted molar refractivity (Wildman–Crippen MR) is 127 cm³/mol. The summed E-state index contributed by atoms with van der Waals surface area (Å²) < 4.78 is 23.9. The molecule has 1 aliphatic carbocycles. The highest BCUT2D eigenvalue weighted by molar-refractivity contribution is 6.32. The van der Waals surface area contributed by atoms with Crippen molar-refractivity contribution < 1.29 is 23.7 Å². The van der Waals surface area contributed by atoms with Crippen molar-refractivity contribution in [1.29, 1.82) is 0 Å². The normalized spacial score (nSPS) is 13.6. The summed E-state index contributed by atoms with van der Waals surface area (Å²) in [7, 11) is 1.61. The van der Waals surface area contributed by atoms with Crippen LogP contribution in [0.2, 0.25) is 5.02 Å². The average Bonchev–Trinajstić information content (AvgIpc) is 3.51. The molecule has 8 nitrogen and oxygen atoms in total. The first-order valence-electron chi connectivity index (χ1n) is 11.4. The van der Waals surface area contributed by atoms with Crippen molar-refractivity contribution in [2.75, 3.05) is 20.3 Å². The van der Waals surface area contributed by atoms with Crippen molar-refractivity contribution in [1.82, 2.24) is 15.0 Å². The second-order valence-corrected chi connectivity index (χ2v) is 8.53. The lowest BCUT2D eigenvalue weighted by Gasteiger charge is -2.14. The highest BCUT2D eigenvalue weighted by atomic mass is 35.5. The highest BCUT2D eigenvalue weighted by Gasteiger charge is 2.24. The molecule has 0 unspecified atom stereocenters. The number of hydrogen-bond acceptors (Lipinski definition) is 7. The van der Waals surface area contributed by atoms with Gasteiger partial charge in [-0.25, -0.2) is 9.48 Å². The molecule has 0 amide bonds. The second kappa shape index (κ2) is 11.2. The summed E-state index contributed by atoms with van der Waals surface area (Å²) in [4.78, 5) is 12.5. The summed E-state index contributed by atoms with van der Waals surface area (Å²) in [6, 6.07) is 12.7. The predicted octanol–water partition coefficient (Wildman–Crippen LogP) is 5.53. The quantitative estimate of drug-likeness (QED) is 0.349. The molecule has 1 heterocycles. The first-order valence-corrected chi connectivity index (χ1v) is 11.8. The summed E-state index contributed by atoms with van der Waals surface area (Å²) in [6.45, 7) is 2.91. The standard InChI is InChI=1S/C25H28ClN3O5/c1-3-32-25(30)23-24(29(28-27-23)15-17-8-10-19(31-2)11-9-17)34-22-14-20(12-13-21(22)26)33-16-18-6-4-5-7-18/h8-14,18H,3-7,15-16H2,1-2H3. The zero-order valence-corrected chi connectivity index (χ0v) is 20.1. The van der Waals surface area contributed by atoms with Gasteiger partial charge in [-0.1, -0.05) is 41.8 Å². The lowest BCUT2D eigenvalue weighted by atomic mass is 10.1. The fraction of sp³-hybridized carbons (Fsp3) is 0.400. The molecule has 2 aromatic carbocycles. The number of methoxy groups -OCH3 is 1. The molecule has 0 N–H and O–H groups in total. The van der Waals surface area contributed by atoms with Crippen LogP contribution in [0.25, 0.3) is 0 Å². The molecule has 3 aromatic rings. The number of hydrogen-bond donors (Lipinski definition) is 0. The fourth-order valence-electron chi connectivity index (χ4n) is 3.89. The molecule has 1 aliphatic rings. The number of carbonyl (C=O) groups is 1. The minimum atomic E-state index is -0.622. The molecular formula is C25H28ClN3O5. The van der Waals surface area contributed by atoms with Crippen LogP contribution < -0.4 is 14.2 Å². The Kier molecular flexibility index (Phi) is 7.90. The second-order valence-electron chi connectivity index (χ2n) is 8.13. The fourth-order valence-corrected chi connectivity index (χ4v) is 4.04. The zero-order chi connectivity index (χ0) is 23.9. The van der Waals surface area contributed by atoms with Gasteiger partial charge >= 0.3 is 5.97 Å². The number of benzene rings is 2. The molecule has 0 aliphatic heterocycles. The van der Waals surface area contributed by atoms with Crippen LogP contribution in [0.1, 0.15) is 48.7 Å². The summed E-state index contributed by atoms with van der Waals surface area (Å²) in [5.41, 5.74) is 0.898. The van der Waals surface area contributed by atoms with Crippen LogP contribution in [-0.4, -0.2) is 41.3 Å². The molecule has 0 bridgehead atoms. The number of esters is 1. The van der Waals surface area contributed by atoms with E-state index in [1.807, 2.05) is 30.3 Å². The number of carbonyl (C=O) groups excluding carboxylic acids is 1. The first kappa shape index (κ1) is 23.9. The van der Waals surface area contributed by atoms with Gasteiger partial charge in [0.1, 0.15) is 11.5 Å². The zero-order valence-electron chi connectivity index (χ0n) is 19.3. The van der Waals surface area contributed by atoms with E-state index in [0.29, 0.717) is 35.6 Å². The SMILES string of the molecule is CCOC(=O)c1nnn(Cc2ccc(OC)cc2)c1Oc1cc(OCC2CCCC2)ccc1Cl. The van der Waals surface area contributed by atoms with E-state index in [2.05, 4.69) is 10.3 Å². The van der Waals surface area contributed by atoms with E-state index in [-0.39, 0.29) is 18.2 Å². The monoisotopic (exact) mass is 485 g/mol. The Balaban J connectivity index is 1.59. The molecule has 4 rings (SSSR count). The summed E-state index contributed by atoms with van der Waals surface area (Å²) in [5.74, 6) is 1.83. The molecule has 0 spiro atoms. The summed E-state index contributed by atoms with van der Waals surface area (Å²) in [5, 5.41) is 8.52. The topological polar surface area (TPSA) is 84.7 Å². The third-order valence-corrected chi connectivity index (χ3v) is 6.03. The van der Waals surface area contributed by atoms with Crippen molar-refractivity contribution >= 4 is 17.6 Å². The van der Waals surface area contributed by atoms with Gasteiger partial charge in [0.25, 0.3) is 5.88 Å². The molecule has 0 saturated heterocycles. The number of ether oxygens (including phenoxy) is 4. The molecular weight excluding hydrogens is 458 g/mol. The van der Waals surface area contributed by atoms with Crippen molar-refractivity contribution in [2.24, 2.45) is 5.92 Å². The van der Waals surface area contributed by atoms with Gasteiger partial charge in [0.15, 0.2) is 5.75 Å². The molecule has 1 aromatic heterocycles. The average molecular weight is 486 g/mol. The Morgan fingerprint density at radius 3 is 2.56 bits per heavy atom. The lowest BCUT2D eigenvalue weighted by molar-refractivity contribution is 0.0516. The number of nitrogens with zero attached hydrogens (tertiary/aromatic N) is 3. The van der Waals surface area contributed by atoms with Crippen LogP contribution in [0, 0.1) is 5.92 Å². The maximum absolute atomic E-state index is 12.5. The molecule has 1 saturated carbocycles. The van der Waals surface area contributed by atoms with Gasteiger partial charge in [0.2, 0.25) is 5.69 Å². The molecule has 1 fully saturated rings. The Labute approximate surface area is 203 Å². The molecule has 0 radical (unpaired) electrons. The van der Waals surface area contributed by atoms with Crippen molar-refractivity contribution in [3.8, 4) is 23.1 Å². The van der Waals surface area contributed by atoms with E-state index < -0.39 is 5.97 Å². The summed E-state index contributed by atoms with van der Waals surface area (Å²) >= 11 is 6.42. The van der Waals surface area contributed by atoms with Gasteiger partial charge in [0, 0.05) is 6.07 Å². The third-order valence-electron chi connectivity index (χ3n) is 5.72. The third kappa shape index (κ3) is 5.80. The van der Waals surface area contributed by atoms with E-state index in [0.717, 1.165) is 11.3 Å². The largest absolute Gasteiger partial charge is 0.497 e. The van der Waals surface area contributed by atoms with Gasteiger partial charge in [-0.3, -0.25) is 0 Å². The lowest BCUT2D eigenvalue weighted by Crippen LogP contribution is -2.09. The Bertz CT molecular complexity index is 1110. The van der Waals surface area contributed by atoms with Crippen LogP contribution >= 0.6 is 11.6 Å². The number of halogens is 1. The molecule has 0 atom stereocenters. The van der Waals surface area contributed by atoms with E-state index in [9.17, 15) is 4.79 Å². The Hall–Kier alpha value is -3.26. The smallest absolute Gasteiger partial charge is 0.364 e. The Morgan fingerprint density at radius 1 is 1.12 bits per heavy atom. The van der Waals surface area contributed by atoms with Gasteiger partial charge < -0.3 is 18.9 Å². The van der Waals surface area contributed by atoms with E-state index in [4.69, 9.17) is 30.5 Å². The molecule has 34 heavy (non-hydrogen) atoms. The molecule has 180 valence electrons. The number of aromatic nitrogens is 3. The summed E-state index contributed by atoms with van der Waals surface area (Å²) in [6.07, 6.45) is 4.89. The van der Waals surface area contributed by atoms with Crippen LogP contribution in [0.15, 0.2) is 42.5 Å². The van der Waals surface area contributed by atoms with E-state index in [1.54, 1.807) is 26.2 Å². The van der Waals surface area contributed by atoms with E-state index >= 15 is 0 Å².